The fourth-order valence-electron chi connectivity index (χ4n) is 3.96. The Bertz CT molecular complexity index is 1140. The molecule has 2 aliphatic heterocycles. The van der Waals surface area contributed by atoms with Gasteiger partial charge in [0, 0.05) is 16.8 Å². The standard InChI is InChI=1S/C22H17N3O3/c1-12-8-9-17-15(10-12)22(21(27)25-17)16(11-23)20(24)28-13(2)18(22)19(26)14-6-4-3-5-7-14/h3-10H,24H2,1-2H3,(H,25,27). The van der Waals surface area contributed by atoms with Crippen LogP contribution in [0.5, 0.6) is 0 Å². The van der Waals surface area contributed by atoms with E-state index in [0.29, 0.717) is 16.8 Å². The van der Waals surface area contributed by atoms with Gasteiger partial charge in [0.1, 0.15) is 22.8 Å². The van der Waals surface area contributed by atoms with Crippen molar-refractivity contribution in [2.24, 2.45) is 5.73 Å². The van der Waals surface area contributed by atoms with Crippen LogP contribution in [0, 0.1) is 18.3 Å². The van der Waals surface area contributed by atoms with E-state index < -0.39 is 11.3 Å². The molecule has 6 heteroatoms. The van der Waals surface area contributed by atoms with Crippen LogP contribution in [-0.4, -0.2) is 11.7 Å². The third-order valence-electron chi connectivity index (χ3n) is 5.15. The van der Waals surface area contributed by atoms with E-state index in [4.69, 9.17) is 10.5 Å². The molecule has 2 aromatic carbocycles. The quantitative estimate of drug-likeness (QED) is 0.789. The van der Waals surface area contributed by atoms with Gasteiger partial charge < -0.3 is 15.8 Å². The Labute approximate surface area is 161 Å². The Morgan fingerprint density at radius 3 is 2.57 bits per heavy atom. The van der Waals surface area contributed by atoms with E-state index >= 15 is 0 Å². The Morgan fingerprint density at radius 2 is 1.89 bits per heavy atom. The molecule has 28 heavy (non-hydrogen) atoms. The molecule has 0 bridgehead atoms. The summed E-state index contributed by atoms with van der Waals surface area (Å²) in [4.78, 5) is 26.8. The molecule has 2 aliphatic rings. The molecule has 0 aromatic heterocycles. The van der Waals surface area contributed by atoms with Gasteiger partial charge >= 0.3 is 0 Å². The molecule has 0 fully saturated rings. The van der Waals surface area contributed by atoms with Crippen LogP contribution in [0.2, 0.25) is 0 Å². The number of anilines is 1. The molecule has 0 saturated carbocycles. The number of allylic oxidation sites excluding steroid dienone is 1. The average Bonchev–Trinajstić information content (AvgIpc) is 2.94. The van der Waals surface area contributed by atoms with Crippen molar-refractivity contribution in [1.29, 1.82) is 5.26 Å². The Balaban J connectivity index is 2.08. The van der Waals surface area contributed by atoms with E-state index in [0.717, 1.165) is 5.56 Å². The van der Waals surface area contributed by atoms with E-state index in [1.54, 1.807) is 49.4 Å². The van der Waals surface area contributed by atoms with Gasteiger partial charge in [-0.3, -0.25) is 9.59 Å². The molecule has 2 heterocycles. The first-order valence-corrected chi connectivity index (χ1v) is 8.73. The predicted octanol–water partition coefficient (Wildman–Crippen LogP) is 3.07. The minimum Gasteiger partial charge on any atom is -0.445 e. The van der Waals surface area contributed by atoms with Crippen molar-refractivity contribution in [2.75, 3.05) is 5.32 Å². The zero-order chi connectivity index (χ0) is 20.1. The summed E-state index contributed by atoms with van der Waals surface area (Å²) >= 11 is 0. The number of carbonyl (C=O) groups is 2. The molecule has 138 valence electrons. The monoisotopic (exact) mass is 371 g/mol. The molecule has 0 radical (unpaired) electrons. The minimum absolute atomic E-state index is 0.0840. The number of nitrogens with one attached hydrogen (secondary N) is 1. The molecule has 0 aliphatic carbocycles. The van der Waals surface area contributed by atoms with Crippen LogP contribution in [0.3, 0.4) is 0 Å². The highest BCUT2D eigenvalue weighted by molar-refractivity contribution is 6.22. The number of Topliss-reactive ketones (excluding diaryl/α,β-unsaturated/α-hetero) is 1. The van der Waals surface area contributed by atoms with Crippen molar-refractivity contribution in [3.63, 3.8) is 0 Å². The number of aryl methyl sites for hydroxylation is 1. The van der Waals surface area contributed by atoms with Gasteiger partial charge in [0.2, 0.25) is 11.8 Å². The van der Waals surface area contributed by atoms with E-state index in [1.165, 1.54) is 0 Å². The second kappa shape index (κ2) is 6.10. The number of amides is 1. The molecule has 4 rings (SSSR count). The number of hydrogen-bond donors (Lipinski definition) is 2. The summed E-state index contributed by atoms with van der Waals surface area (Å²) in [5.41, 5.74) is 6.74. The van der Waals surface area contributed by atoms with Gasteiger partial charge in [-0.05, 0) is 19.9 Å². The zero-order valence-corrected chi connectivity index (χ0v) is 15.4. The highest BCUT2D eigenvalue weighted by Crippen LogP contribution is 2.52. The van der Waals surface area contributed by atoms with Crippen molar-refractivity contribution in [2.45, 2.75) is 19.3 Å². The van der Waals surface area contributed by atoms with Gasteiger partial charge in [-0.1, -0.05) is 48.0 Å². The molecule has 1 unspecified atom stereocenters. The summed E-state index contributed by atoms with van der Waals surface area (Å²) in [7, 11) is 0. The number of fused-ring (bicyclic) bond motifs is 2. The number of nitriles is 1. The number of hydrogen-bond acceptors (Lipinski definition) is 5. The Morgan fingerprint density at radius 1 is 1.18 bits per heavy atom. The SMILES string of the molecule is CC1=C(C(=O)c2ccccc2)C2(C(=O)Nc3ccc(C)cc32)C(C#N)=C(N)O1. The summed E-state index contributed by atoms with van der Waals surface area (Å²) in [6.07, 6.45) is 0. The largest absolute Gasteiger partial charge is 0.445 e. The molecule has 2 aromatic rings. The number of benzene rings is 2. The molecular formula is C22H17N3O3. The molecule has 1 spiro atoms. The number of ketones is 1. The van der Waals surface area contributed by atoms with Crippen molar-refractivity contribution in [3.8, 4) is 6.07 Å². The lowest BCUT2D eigenvalue weighted by Gasteiger charge is -2.34. The van der Waals surface area contributed by atoms with Gasteiger partial charge in [-0.15, -0.1) is 0 Å². The molecule has 1 amide bonds. The predicted molar refractivity (Wildman–Crippen MR) is 103 cm³/mol. The first-order valence-electron chi connectivity index (χ1n) is 8.73. The minimum atomic E-state index is -1.64. The van der Waals surface area contributed by atoms with Crippen molar-refractivity contribution in [3.05, 3.63) is 88.0 Å². The number of rotatable bonds is 2. The molecule has 0 saturated heterocycles. The van der Waals surface area contributed by atoms with Crippen LogP contribution in [0.4, 0.5) is 5.69 Å². The highest BCUT2D eigenvalue weighted by atomic mass is 16.5. The maximum Gasteiger partial charge on any atom is 0.245 e. The van der Waals surface area contributed by atoms with Crippen LogP contribution in [0.1, 0.15) is 28.4 Å². The average molecular weight is 371 g/mol. The number of nitrogens with two attached hydrogens (primary N) is 1. The normalized spacial score (nSPS) is 20.5. The molecule has 1 atom stereocenters. The van der Waals surface area contributed by atoms with Crippen LogP contribution in [0.15, 0.2) is 71.3 Å². The maximum atomic E-state index is 13.5. The van der Waals surface area contributed by atoms with Crippen molar-refractivity contribution in [1.82, 2.24) is 0 Å². The lowest BCUT2D eigenvalue weighted by molar-refractivity contribution is -0.118. The second-order valence-corrected chi connectivity index (χ2v) is 6.83. The first kappa shape index (κ1) is 17.6. The van der Waals surface area contributed by atoms with Crippen LogP contribution in [0.25, 0.3) is 0 Å². The number of ether oxygens (including phenoxy) is 1. The van der Waals surface area contributed by atoms with E-state index in [1.807, 2.05) is 19.1 Å². The number of nitrogens with zero attached hydrogens (tertiary/aromatic N) is 1. The van der Waals surface area contributed by atoms with Crippen LogP contribution < -0.4 is 11.1 Å². The third-order valence-corrected chi connectivity index (χ3v) is 5.15. The van der Waals surface area contributed by atoms with Gasteiger partial charge in [0.15, 0.2) is 5.78 Å². The topological polar surface area (TPSA) is 105 Å². The van der Waals surface area contributed by atoms with Crippen LogP contribution in [-0.2, 0) is 14.9 Å². The van der Waals surface area contributed by atoms with Gasteiger partial charge in [0.25, 0.3) is 0 Å². The summed E-state index contributed by atoms with van der Waals surface area (Å²) in [5, 5.41) is 12.7. The Kier molecular flexibility index (Phi) is 3.83. The number of carbonyl (C=O) groups excluding carboxylic acids is 2. The molecule has 6 nitrogen and oxygen atoms in total. The van der Waals surface area contributed by atoms with E-state index in [2.05, 4.69) is 5.32 Å². The Hall–Kier alpha value is -3.85. The summed E-state index contributed by atoms with van der Waals surface area (Å²) < 4.78 is 5.54. The third kappa shape index (κ3) is 2.20. The first-order chi connectivity index (χ1) is 13.4. The maximum absolute atomic E-state index is 13.5. The fourth-order valence-corrected chi connectivity index (χ4v) is 3.96. The van der Waals surface area contributed by atoms with Crippen molar-refractivity contribution >= 4 is 17.4 Å². The van der Waals surface area contributed by atoms with Gasteiger partial charge in [0.05, 0.1) is 5.57 Å². The van der Waals surface area contributed by atoms with Gasteiger partial charge in [-0.2, -0.15) is 5.26 Å². The summed E-state index contributed by atoms with van der Waals surface area (Å²) in [6, 6.07) is 16.0. The van der Waals surface area contributed by atoms with Crippen LogP contribution >= 0.6 is 0 Å². The lowest BCUT2D eigenvalue weighted by Crippen LogP contribution is -2.45. The summed E-state index contributed by atoms with van der Waals surface area (Å²) in [6.45, 7) is 3.46. The molecular weight excluding hydrogens is 354 g/mol. The van der Waals surface area contributed by atoms with E-state index in [-0.39, 0.29) is 28.6 Å². The van der Waals surface area contributed by atoms with Gasteiger partial charge in [-0.25, -0.2) is 0 Å². The fraction of sp³-hybridized carbons (Fsp3) is 0.136. The molecule has 3 N–H and O–H groups in total. The van der Waals surface area contributed by atoms with E-state index in [9.17, 15) is 14.9 Å². The smallest absolute Gasteiger partial charge is 0.245 e. The van der Waals surface area contributed by atoms with Crippen molar-refractivity contribution < 1.29 is 14.3 Å². The highest BCUT2D eigenvalue weighted by Gasteiger charge is 2.59. The zero-order valence-electron chi connectivity index (χ0n) is 15.4. The lowest BCUT2D eigenvalue weighted by atomic mass is 9.66. The second-order valence-electron chi connectivity index (χ2n) is 6.83. The summed E-state index contributed by atoms with van der Waals surface area (Å²) in [5.74, 6) is -0.846.